The number of rotatable bonds is 3. The van der Waals surface area contributed by atoms with Gasteiger partial charge in [-0.05, 0) is 31.2 Å². The van der Waals surface area contributed by atoms with Crippen molar-refractivity contribution in [2.24, 2.45) is 0 Å². The number of fused-ring (bicyclic) bond motifs is 1. The molecule has 0 saturated carbocycles. The Labute approximate surface area is 153 Å². The van der Waals surface area contributed by atoms with Gasteiger partial charge in [-0.15, -0.1) is 5.10 Å². The van der Waals surface area contributed by atoms with Crippen molar-refractivity contribution >= 4 is 17.2 Å². The van der Waals surface area contributed by atoms with Crippen LogP contribution in [0.3, 0.4) is 0 Å². The molecule has 7 heteroatoms. The van der Waals surface area contributed by atoms with Crippen molar-refractivity contribution in [1.29, 1.82) is 0 Å². The van der Waals surface area contributed by atoms with Crippen LogP contribution in [0.15, 0.2) is 59.4 Å². The lowest BCUT2D eigenvalue weighted by atomic mass is 10.1. The Morgan fingerprint density at radius 3 is 2.54 bits per heavy atom. The maximum absolute atomic E-state index is 14.0. The lowest BCUT2D eigenvalue weighted by Crippen LogP contribution is -2.23. The summed E-state index contributed by atoms with van der Waals surface area (Å²) in [5, 5.41) is 8.85. The highest BCUT2D eigenvalue weighted by atomic mass is 35.5. The molecule has 26 heavy (non-hydrogen) atoms. The highest BCUT2D eigenvalue weighted by molar-refractivity contribution is 6.31. The molecule has 130 valence electrons. The van der Waals surface area contributed by atoms with Gasteiger partial charge in [-0.2, -0.15) is 9.61 Å². The van der Waals surface area contributed by atoms with E-state index in [2.05, 4.69) is 10.2 Å². The van der Waals surface area contributed by atoms with E-state index in [0.29, 0.717) is 11.3 Å². The first-order valence-corrected chi connectivity index (χ1v) is 8.37. The second-order valence-electron chi connectivity index (χ2n) is 6.00. The van der Waals surface area contributed by atoms with Crippen LogP contribution in [-0.4, -0.2) is 19.4 Å². The summed E-state index contributed by atoms with van der Waals surface area (Å²) in [4.78, 5) is 12.6. The molecule has 0 spiro atoms. The van der Waals surface area contributed by atoms with Crippen molar-refractivity contribution in [2.45, 2.75) is 13.5 Å². The summed E-state index contributed by atoms with van der Waals surface area (Å²) in [6.45, 7) is 1.94. The molecular formula is C19H14ClFN4O. The van der Waals surface area contributed by atoms with Crippen LogP contribution < -0.4 is 5.69 Å². The van der Waals surface area contributed by atoms with E-state index in [4.69, 9.17) is 11.6 Å². The Bertz CT molecular complexity index is 1140. The van der Waals surface area contributed by atoms with E-state index in [1.54, 1.807) is 18.2 Å². The number of aryl methyl sites for hydroxylation is 1. The van der Waals surface area contributed by atoms with Crippen molar-refractivity contribution in [3.8, 4) is 11.3 Å². The van der Waals surface area contributed by atoms with E-state index < -0.39 is 11.5 Å². The first kappa shape index (κ1) is 16.5. The molecule has 0 N–H and O–H groups in total. The van der Waals surface area contributed by atoms with Crippen molar-refractivity contribution in [1.82, 2.24) is 19.4 Å². The summed E-state index contributed by atoms with van der Waals surface area (Å²) >= 11 is 6.04. The first-order chi connectivity index (χ1) is 12.5. The fraction of sp³-hybridized carbons (Fsp3) is 0.105. The molecule has 4 aromatic rings. The molecule has 0 unspecified atom stereocenters. The zero-order chi connectivity index (χ0) is 18.3. The Balaban J connectivity index is 1.78. The predicted octanol–water partition coefficient (Wildman–Crippen LogP) is 3.71. The highest BCUT2D eigenvalue weighted by Crippen LogP contribution is 2.20. The predicted molar refractivity (Wildman–Crippen MR) is 97.9 cm³/mol. The van der Waals surface area contributed by atoms with Crippen molar-refractivity contribution < 1.29 is 4.39 Å². The van der Waals surface area contributed by atoms with E-state index in [0.717, 1.165) is 15.8 Å². The van der Waals surface area contributed by atoms with Crippen LogP contribution in [0, 0.1) is 12.7 Å². The molecule has 0 aliphatic carbocycles. The Morgan fingerprint density at radius 2 is 1.81 bits per heavy atom. The maximum atomic E-state index is 14.0. The molecule has 0 aliphatic rings. The summed E-state index contributed by atoms with van der Waals surface area (Å²) in [7, 11) is 0. The molecule has 0 atom stereocenters. The fourth-order valence-electron chi connectivity index (χ4n) is 2.72. The highest BCUT2D eigenvalue weighted by Gasteiger charge is 2.14. The largest absolute Gasteiger partial charge is 0.367 e. The summed E-state index contributed by atoms with van der Waals surface area (Å²) in [6, 6.07) is 15.8. The van der Waals surface area contributed by atoms with Crippen LogP contribution in [0.1, 0.15) is 11.1 Å². The number of halogens is 2. The third-order valence-corrected chi connectivity index (χ3v) is 4.51. The first-order valence-electron chi connectivity index (χ1n) is 8.00. The van der Waals surface area contributed by atoms with Gasteiger partial charge in [-0.1, -0.05) is 47.5 Å². The van der Waals surface area contributed by atoms with Gasteiger partial charge in [0.1, 0.15) is 5.82 Å². The average molecular weight is 369 g/mol. The van der Waals surface area contributed by atoms with Gasteiger partial charge in [0, 0.05) is 16.1 Å². The summed E-state index contributed by atoms with van der Waals surface area (Å²) in [5.41, 5.74) is 2.85. The molecule has 0 radical (unpaired) electrons. The van der Waals surface area contributed by atoms with Gasteiger partial charge in [0.15, 0.2) is 5.65 Å². The minimum Gasteiger partial charge on any atom is -0.244 e. The third kappa shape index (κ3) is 2.88. The van der Waals surface area contributed by atoms with E-state index in [1.165, 1.54) is 16.6 Å². The molecule has 0 fully saturated rings. The van der Waals surface area contributed by atoms with Crippen LogP contribution in [-0.2, 0) is 6.54 Å². The molecular weight excluding hydrogens is 355 g/mol. The number of nitrogens with zero attached hydrogens (tertiary/aromatic N) is 4. The quantitative estimate of drug-likeness (QED) is 0.554. The molecule has 5 nitrogen and oxygen atoms in total. The SMILES string of the molecule is Cc1ccc(-c2ccc3nn(Cc4c(F)cccc4Cl)c(=O)n3n2)cc1. The summed E-state index contributed by atoms with van der Waals surface area (Å²) in [5.74, 6) is -0.477. The lowest BCUT2D eigenvalue weighted by molar-refractivity contribution is 0.576. The topological polar surface area (TPSA) is 52.2 Å². The lowest BCUT2D eigenvalue weighted by Gasteiger charge is -2.04. The van der Waals surface area contributed by atoms with E-state index in [1.807, 2.05) is 31.2 Å². The van der Waals surface area contributed by atoms with Crippen molar-refractivity contribution in [3.05, 3.63) is 87.0 Å². The van der Waals surface area contributed by atoms with Crippen LogP contribution in [0.25, 0.3) is 16.9 Å². The Hall–Kier alpha value is -2.99. The summed E-state index contributed by atoms with van der Waals surface area (Å²) in [6.07, 6.45) is 0. The van der Waals surface area contributed by atoms with Gasteiger partial charge in [-0.25, -0.2) is 13.9 Å². The minimum absolute atomic E-state index is 0.0619. The normalized spacial score (nSPS) is 11.2. The Morgan fingerprint density at radius 1 is 1.04 bits per heavy atom. The third-order valence-electron chi connectivity index (χ3n) is 4.16. The zero-order valence-electron chi connectivity index (χ0n) is 13.9. The van der Waals surface area contributed by atoms with Gasteiger partial charge in [0.05, 0.1) is 12.2 Å². The molecule has 2 aromatic carbocycles. The van der Waals surface area contributed by atoms with Gasteiger partial charge < -0.3 is 0 Å². The molecule has 0 amide bonds. The number of hydrogen-bond acceptors (Lipinski definition) is 3. The molecule has 0 saturated heterocycles. The van der Waals surface area contributed by atoms with E-state index in [-0.39, 0.29) is 17.1 Å². The number of benzene rings is 2. The second kappa shape index (κ2) is 6.38. The van der Waals surface area contributed by atoms with Gasteiger partial charge in [0.2, 0.25) is 0 Å². The summed E-state index contributed by atoms with van der Waals surface area (Å²) < 4.78 is 16.4. The Kier molecular flexibility index (Phi) is 4.05. The van der Waals surface area contributed by atoms with Crippen LogP contribution >= 0.6 is 11.6 Å². The minimum atomic E-state index is -0.477. The smallest absolute Gasteiger partial charge is 0.244 e. The molecule has 2 aromatic heterocycles. The number of hydrogen-bond donors (Lipinski definition) is 0. The van der Waals surface area contributed by atoms with Crippen molar-refractivity contribution in [3.63, 3.8) is 0 Å². The van der Waals surface area contributed by atoms with Crippen LogP contribution in [0.5, 0.6) is 0 Å². The molecule has 0 bridgehead atoms. The number of aromatic nitrogens is 4. The molecule has 4 rings (SSSR count). The van der Waals surface area contributed by atoms with E-state index >= 15 is 0 Å². The van der Waals surface area contributed by atoms with Crippen LogP contribution in [0.2, 0.25) is 5.02 Å². The van der Waals surface area contributed by atoms with Gasteiger partial charge in [-0.3, -0.25) is 0 Å². The monoisotopic (exact) mass is 368 g/mol. The van der Waals surface area contributed by atoms with Gasteiger partial charge in [0.25, 0.3) is 0 Å². The average Bonchev–Trinajstić information content (AvgIpc) is 2.94. The van der Waals surface area contributed by atoms with Gasteiger partial charge >= 0.3 is 5.69 Å². The van der Waals surface area contributed by atoms with E-state index in [9.17, 15) is 9.18 Å². The second-order valence-corrected chi connectivity index (χ2v) is 6.40. The standard InChI is InChI=1S/C19H14ClFN4O/c1-12-5-7-13(8-6-12)17-9-10-18-23-24(19(26)25(18)22-17)11-14-15(20)3-2-4-16(14)21/h2-10H,11H2,1H3. The molecule has 0 aliphatic heterocycles. The fourth-order valence-corrected chi connectivity index (χ4v) is 2.95. The molecule has 2 heterocycles. The maximum Gasteiger partial charge on any atom is 0.367 e. The van der Waals surface area contributed by atoms with Crippen LogP contribution in [0.4, 0.5) is 4.39 Å². The zero-order valence-corrected chi connectivity index (χ0v) is 14.6. The van der Waals surface area contributed by atoms with Crippen molar-refractivity contribution in [2.75, 3.05) is 0 Å².